The molecule has 0 bridgehead atoms. The summed E-state index contributed by atoms with van der Waals surface area (Å²) < 4.78 is 39.7. The molecule has 0 saturated carbocycles. The van der Waals surface area contributed by atoms with Crippen molar-refractivity contribution in [3.05, 3.63) is 71.5 Å². The molecule has 4 rings (SSSR count). The Kier molecular flexibility index (Phi) is 6.43. The van der Waals surface area contributed by atoms with E-state index in [0.29, 0.717) is 18.7 Å². The maximum Gasteiger partial charge on any atom is 0.241 e. The molecule has 1 aliphatic heterocycles. The van der Waals surface area contributed by atoms with Gasteiger partial charge in [-0.05, 0) is 57.0 Å². The van der Waals surface area contributed by atoms with Crippen LogP contribution in [0.25, 0.3) is 11.1 Å². The molecule has 2 N–H and O–H groups in total. The van der Waals surface area contributed by atoms with Gasteiger partial charge in [-0.25, -0.2) is 13.1 Å². The van der Waals surface area contributed by atoms with Crippen molar-refractivity contribution >= 4 is 15.7 Å². The molecule has 0 saturated heterocycles. The van der Waals surface area contributed by atoms with E-state index in [-0.39, 0.29) is 11.7 Å². The van der Waals surface area contributed by atoms with Gasteiger partial charge in [0.2, 0.25) is 10.0 Å². The SMILES string of the molecule is Cc1ncc(CNc2ccc(-c3ccccc3S(=O)(=O)NC(C)(C)C)cc2)c2c1OCOC2. The number of fused-ring (bicyclic) bond motifs is 1. The van der Waals surface area contributed by atoms with Crippen molar-refractivity contribution in [1.82, 2.24) is 9.71 Å². The monoisotopic (exact) mass is 467 g/mol. The van der Waals surface area contributed by atoms with Crippen LogP contribution in [-0.4, -0.2) is 25.7 Å². The number of aromatic nitrogens is 1. The maximum atomic E-state index is 13.0. The zero-order valence-electron chi connectivity index (χ0n) is 19.3. The lowest BCUT2D eigenvalue weighted by molar-refractivity contribution is -0.0176. The summed E-state index contributed by atoms with van der Waals surface area (Å²) in [5.41, 5.74) is 4.72. The topological polar surface area (TPSA) is 89.6 Å². The molecule has 33 heavy (non-hydrogen) atoms. The van der Waals surface area contributed by atoms with Crippen LogP contribution in [0.15, 0.2) is 59.6 Å². The molecule has 174 valence electrons. The van der Waals surface area contributed by atoms with Crippen LogP contribution in [0, 0.1) is 6.92 Å². The predicted octanol–water partition coefficient (Wildman–Crippen LogP) is 4.61. The first-order valence-electron chi connectivity index (χ1n) is 10.8. The van der Waals surface area contributed by atoms with Gasteiger partial charge in [0, 0.05) is 35.1 Å². The molecular weight excluding hydrogens is 438 g/mol. The minimum absolute atomic E-state index is 0.246. The first kappa shape index (κ1) is 23.2. The quantitative estimate of drug-likeness (QED) is 0.550. The van der Waals surface area contributed by atoms with Crippen LogP contribution in [-0.2, 0) is 27.9 Å². The van der Waals surface area contributed by atoms with Crippen molar-refractivity contribution in [2.75, 3.05) is 12.1 Å². The Morgan fingerprint density at radius 1 is 1.06 bits per heavy atom. The highest BCUT2D eigenvalue weighted by Crippen LogP contribution is 2.31. The van der Waals surface area contributed by atoms with E-state index in [0.717, 1.165) is 33.8 Å². The van der Waals surface area contributed by atoms with Crippen LogP contribution < -0.4 is 14.8 Å². The number of hydrogen-bond acceptors (Lipinski definition) is 6. The van der Waals surface area contributed by atoms with Crippen molar-refractivity contribution in [1.29, 1.82) is 0 Å². The van der Waals surface area contributed by atoms with E-state index >= 15 is 0 Å². The molecule has 1 aromatic heterocycles. The minimum atomic E-state index is -3.66. The summed E-state index contributed by atoms with van der Waals surface area (Å²) in [6, 6.07) is 14.8. The number of anilines is 1. The molecule has 0 spiro atoms. The maximum absolute atomic E-state index is 13.0. The summed E-state index contributed by atoms with van der Waals surface area (Å²) in [7, 11) is -3.66. The Morgan fingerprint density at radius 3 is 2.52 bits per heavy atom. The lowest BCUT2D eigenvalue weighted by Gasteiger charge is -2.22. The lowest BCUT2D eigenvalue weighted by atomic mass is 10.0. The molecule has 0 atom stereocenters. The lowest BCUT2D eigenvalue weighted by Crippen LogP contribution is -2.40. The molecule has 0 amide bonds. The molecule has 1 aliphatic rings. The summed E-state index contributed by atoms with van der Waals surface area (Å²) in [5.74, 6) is 0.803. The fraction of sp³-hybridized carbons (Fsp3) is 0.320. The first-order chi connectivity index (χ1) is 15.6. The van der Waals surface area contributed by atoms with Crippen LogP contribution in [0.3, 0.4) is 0 Å². The van der Waals surface area contributed by atoms with Crippen molar-refractivity contribution in [2.45, 2.75) is 51.3 Å². The molecular formula is C25H29N3O4S. The van der Waals surface area contributed by atoms with E-state index in [4.69, 9.17) is 9.47 Å². The third kappa shape index (κ3) is 5.35. The Balaban J connectivity index is 1.54. The van der Waals surface area contributed by atoms with Crippen LogP contribution in [0.5, 0.6) is 5.75 Å². The van der Waals surface area contributed by atoms with Gasteiger partial charge < -0.3 is 14.8 Å². The zero-order chi connectivity index (χ0) is 23.6. The number of hydrogen-bond donors (Lipinski definition) is 2. The molecule has 2 heterocycles. The van der Waals surface area contributed by atoms with Crippen LogP contribution in [0.1, 0.15) is 37.6 Å². The second kappa shape index (κ2) is 9.13. The van der Waals surface area contributed by atoms with Gasteiger partial charge in [-0.1, -0.05) is 30.3 Å². The summed E-state index contributed by atoms with van der Waals surface area (Å²) in [5, 5.41) is 3.40. The molecule has 0 aliphatic carbocycles. The summed E-state index contributed by atoms with van der Waals surface area (Å²) >= 11 is 0. The van der Waals surface area contributed by atoms with Crippen LogP contribution >= 0.6 is 0 Å². The molecule has 0 radical (unpaired) electrons. The fourth-order valence-electron chi connectivity index (χ4n) is 3.78. The Morgan fingerprint density at radius 2 is 1.79 bits per heavy atom. The second-order valence-electron chi connectivity index (χ2n) is 9.07. The average Bonchev–Trinajstić information content (AvgIpc) is 2.78. The standard InChI is InChI=1S/C25H29N3O4S/c1-17-24-22(15-31-16-32-24)19(13-26-17)14-27-20-11-9-18(10-12-20)21-7-5-6-8-23(21)33(29,30)28-25(2,3)4/h5-13,27-28H,14-16H2,1-4H3. The summed E-state index contributed by atoms with van der Waals surface area (Å²) in [6.45, 7) is 8.72. The Hall–Kier alpha value is -2.94. The molecule has 0 unspecified atom stereocenters. The second-order valence-corrected chi connectivity index (χ2v) is 10.7. The predicted molar refractivity (Wildman–Crippen MR) is 129 cm³/mol. The summed E-state index contributed by atoms with van der Waals surface area (Å²) in [4.78, 5) is 4.70. The minimum Gasteiger partial charge on any atom is -0.465 e. The fourth-order valence-corrected chi connectivity index (χ4v) is 5.43. The van der Waals surface area contributed by atoms with Gasteiger partial charge in [0.15, 0.2) is 6.79 Å². The summed E-state index contributed by atoms with van der Waals surface area (Å²) in [6.07, 6.45) is 1.84. The van der Waals surface area contributed by atoms with Crippen molar-refractivity contribution < 1.29 is 17.9 Å². The highest BCUT2D eigenvalue weighted by atomic mass is 32.2. The number of rotatable bonds is 6. The third-order valence-electron chi connectivity index (χ3n) is 5.23. The molecule has 8 heteroatoms. The highest BCUT2D eigenvalue weighted by Gasteiger charge is 2.24. The average molecular weight is 468 g/mol. The van der Waals surface area contributed by atoms with Gasteiger partial charge in [0.05, 0.1) is 17.2 Å². The van der Waals surface area contributed by atoms with Gasteiger partial charge >= 0.3 is 0 Å². The van der Waals surface area contributed by atoms with Gasteiger partial charge in [-0.2, -0.15) is 0 Å². The van der Waals surface area contributed by atoms with Gasteiger partial charge in [-0.15, -0.1) is 0 Å². The number of ether oxygens (including phenoxy) is 2. The van der Waals surface area contributed by atoms with Crippen molar-refractivity contribution in [2.24, 2.45) is 0 Å². The van der Waals surface area contributed by atoms with E-state index in [2.05, 4.69) is 15.0 Å². The van der Waals surface area contributed by atoms with Crippen molar-refractivity contribution in [3.63, 3.8) is 0 Å². The van der Waals surface area contributed by atoms with Gasteiger partial charge in [0.1, 0.15) is 5.75 Å². The largest absolute Gasteiger partial charge is 0.465 e. The molecule has 3 aromatic rings. The molecule has 0 fully saturated rings. The number of sulfonamides is 1. The number of nitrogens with one attached hydrogen (secondary N) is 2. The van der Waals surface area contributed by atoms with Gasteiger partial charge in [-0.3, -0.25) is 4.98 Å². The smallest absolute Gasteiger partial charge is 0.241 e. The van der Waals surface area contributed by atoms with Crippen molar-refractivity contribution in [3.8, 4) is 16.9 Å². The zero-order valence-corrected chi connectivity index (χ0v) is 20.1. The number of nitrogens with zero attached hydrogens (tertiary/aromatic N) is 1. The van der Waals surface area contributed by atoms with E-state index in [9.17, 15) is 8.42 Å². The highest BCUT2D eigenvalue weighted by molar-refractivity contribution is 7.89. The molecule has 2 aromatic carbocycles. The van der Waals surface area contributed by atoms with Crippen LogP contribution in [0.4, 0.5) is 5.69 Å². The number of benzene rings is 2. The van der Waals surface area contributed by atoms with E-state index < -0.39 is 15.6 Å². The normalized spacial score (nSPS) is 13.8. The molecule has 7 nitrogen and oxygen atoms in total. The van der Waals surface area contributed by atoms with E-state index in [1.165, 1.54) is 0 Å². The number of pyridine rings is 1. The van der Waals surface area contributed by atoms with E-state index in [1.54, 1.807) is 12.1 Å². The van der Waals surface area contributed by atoms with Gasteiger partial charge in [0.25, 0.3) is 0 Å². The van der Waals surface area contributed by atoms with E-state index in [1.807, 2.05) is 70.3 Å². The Labute approximate surface area is 195 Å². The van der Waals surface area contributed by atoms with Crippen LogP contribution in [0.2, 0.25) is 0 Å². The Bertz CT molecular complexity index is 1250. The third-order valence-corrected chi connectivity index (χ3v) is 7.05. The first-order valence-corrected chi connectivity index (χ1v) is 12.3. The number of aryl methyl sites for hydroxylation is 1.